The van der Waals surface area contributed by atoms with E-state index in [1.807, 2.05) is 30.3 Å². The number of primary amides is 1. The van der Waals surface area contributed by atoms with Gasteiger partial charge in [-0.15, -0.1) is 10.2 Å². The lowest BCUT2D eigenvalue weighted by molar-refractivity contribution is 0.139. The molecule has 1 fully saturated rings. The molecule has 1 aliphatic heterocycles. The smallest absolute Gasteiger partial charge is 0.405 e. The van der Waals surface area contributed by atoms with Crippen molar-refractivity contribution in [3.8, 4) is 11.5 Å². The number of nitrogens with two attached hydrogens (primary N) is 1. The van der Waals surface area contributed by atoms with E-state index in [1.165, 1.54) is 12.1 Å². The molecular formula is C26H25ClFN5O3. The fourth-order valence-electron chi connectivity index (χ4n) is 4.80. The molecule has 2 aromatic carbocycles. The monoisotopic (exact) mass is 509 g/mol. The highest BCUT2D eigenvalue weighted by molar-refractivity contribution is 6.31. The van der Waals surface area contributed by atoms with Gasteiger partial charge in [-0.1, -0.05) is 18.5 Å². The first kappa shape index (κ1) is 24.0. The molecule has 0 radical (unpaired) electrons. The molecule has 1 atom stereocenters. The van der Waals surface area contributed by atoms with E-state index in [-0.39, 0.29) is 30.1 Å². The second-order valence-corrected chi connectivity index (χ2v) is 9.40. The number of piperidine rings is 1. The number of hydrogen-bond donors (Lipinski definition) is 1. The number of amides is 1. The molecule has 1 amide bonds. The molecule has 1 saturated heterocycles. The Balaban J connectivity index is 1.31. The molecule has 10 heteroatoms. The zero-order valence-electron chi connectivity index (χ0n) is 19.7. The average Bonchev–Trinajstić information content (AvgIpc) is 3.35. The highest BCUT2D eigenvalue weighted by atomic mass is 35.5. The largest absolute Gasteiger partial charge is 0.440 e. The number of benzene rings is 2. The number of hydrogen-bond acceptors (Lipinski definition) is 7. The minimum Gasteiger partial charge on any atom is -0.440 e. The first-order valence-corrected chi connectivity index (χ1v) is 12.1. The normalized spacial score (nSPS) is 15.2. The Morgan fingerprint density at radius 2 is 2.00 bits per heavy atom. The number of rotatable bonds is 6. The molecule has 0 bridgehead atoms. The Hall–Kier alpha value is -3.72. The molecule has 2 aromatic heterocycles. The van der Waals surface area contributed by atoms with Crippen LogP contribution in [0.2, 0.25) is 5.02 Å². The molecule has 36 heavy (non-hydrogen) atoms. The molecule has 5 rings (SSSR count). The van der Waals surface area contributed by atoms with Gasteiger partial charge in [0.05, 0.1) is 5.52 Å². The molecule has 1 aliphatic rings. The van der Waals surface area contributed by atoms with Crippen LogP contribution >= 0.6 is 11.6 Å². The van der Waals surface area contributed by atoms with Crippen LogP contribution < -0.4 is 10.6 Å². The Labute approximate surface area is 212 Å². The number of carbonyl (C=O) groups is 1. The molecular weight excluding hydrogens is 485 g/mol. The SMILES string of the molecule is CC(c1cc(F)ccc1-c1nnc(COC(N)=O)o1)C1CCN(c2ccc3cc(Cl)ccc3n2)CC1. The summed E-state index contributed by atoms with van der Waals surface area (Å²) in [5.74, 6) is 1.38. The number of halogens is 2. The summed E-state index contributed by atoms with van der Waals surface area (Å²) < 4.78 is 24.6. The van der Waals surface area contributed by atoms with Gasteiger partial charge in [-0.2, -0.15) is 0 Å². The molecule has 0 saturated carbocycles. The molecule has 0 spiro atoms. The summed E-state index contributed by atoms with van der Waals surface area (Å²) in [5.41, 5.74) is 7.38. The van der Waals surface area contributed by atoms with E-state index in [4.69, 9.17) is 31.5 Å². The van der Waals surface area contributed by atoms with E-state index in [2.05, 4.69) is 22.0 Å². The minimum absolute atomic E-state index is 0.0572. The standard InChI is InChI=1S/C26H25ClFN5O3/c1-15(21-13-19(28)4-5-20(21)25-32-31-24(36-25)14-35-26(29)34)16-8-10-33(11-9-16)23-7-2-17-12-18(27)3-6-22(17)30-23/h2-7,12-13,15-16H,8-11,14H2,1H3,(H2,29,34). The van der Waals surface area contributed by atoms with Gasteiger partial charge in [0, 0.05) is 29.1 Å². The van der Waals surface area contributed by atoms with Crippen LogP contribution in [0.15, 0.2) is 52.9 Å². The zero-order chi connectivity index (χ0) is 25.2. The van der Waals surface area contributed by atoms with Gasteiger partial charge in [-0.05, 0) is 78.8 Å². The van der Waals surface area contributed by atoms with Crippen molar-refractivity contribution in [2.45, 2.75) is 32.3 Å². The maximum atomic E-state index is 14.3. The van der Waals surface area contributed by atoms with E-state index >= 15 is 0 Å². The number of fused-ring (bicyclic) bond motifs is 1. The molecule has 1 unspecified atom stereocenters. The third kappa shape index (κ3) is 5.11. The van der Waals surface area contributed by atoms with Gasteiger partial charge in [0.1, 0.15) is 11.6 Å². The van der Waals surface area contributed by atoms with Crippen LogP contribution in [0.4, 0.5) is 15.0 Å². The quantitative estimate of drug-likeness (QED) is 0.355. The van der Waals surface area contributed by atoms with Crippen molar-refractivity contribution in [1.29, 1.82) is 0 Å². The highest BCUT2D eigenvalue weighted by Crippen LogP contribution is 2.38. The summed E-state index contributed by atoms with van der Waals surface area (Å²) >= 11 is 6.09. The van der Waals surface area contributed by atoms with Crippen molar-refractivity contribution in [3.63, 3.8) is 0 Å². The van der Waals surface area contributed by atoms with Crippen LogP contribution in [-0.2, 0) is 11.3 Å². The number of pyridine rings is 1. The van der Waals surface area contributed by atoms with Gasteiger partial charge >= 0.3 is 6.09 Å². The Morgan fingerprint density at radius 3 is 2.78 bits per heavy atom. The lowest BCUT2D eigenvalue weighted by atomic mass is 9.79. The number of anilines is 1. The summed E-state index contributed by atoms with van der Waals surface area (Å²) in [7, 11) is 0. The number of carbonyl (C=O) groups excluding carboxylic acids is 1. The Bertz CT molecular complexity index is 1400. The second-order valence-electron chi connectivity index (χ2n) is 8.96. The molecule has 3 heterocycles. The molecule has 186 valence electrons. The fourth-order valence-corrected chi connectivity index (χ4v) is 4.98. The van der Waals surface area contributed by atoms with Crippen LogP contribution in [0, 0.1) is 11.7 Å². The summed E-state index contributed by atoms with van der Waals surface area (Å²) in [6, 6.07) is 14.3. The number of ether oxygens (including phenoxy) is 1. The predicted octanol–water partition coefficient (Wildman–Crippen LogP) is 5.69. The topological polar surface area (TPSA) is 107 Å². The molecule has 4 aromatic rings. The van der Waals surface area contributed by atoms with Gasteiger partial charge < -0.3 is 19.8 Å². The van der Waals surface area contributed by atoms with Crippen LogP contribution in [0.5, 0.6) is 0 Å². The number of nitrogens with zero attached hydrogens (tertiary/aromatic N) is 4. The number of aromatic nitrogens is 3. The molecule has 8 nitrogen and oxygen atoms in total. The first-order chi connectivity index (χ1) is 17.4. The van der Waals surface area contributed by atoms with Crippen LogP contribution in [0.1, 0.15) is 37.1 Å². The van der Waals surface area contributed by atoms with Crippen LogP contribution in [0.3, 0.4) is 0 Å². The minimum atomic E-state index is -0.930. The maximum Gasteiger partial charge on any atom is 0.405 e. The maximum absolute atomic E-state index is 14.3. The average molecular weight is 510 g/mol. The van der Waals surface area contributed by atoms with Crippen LogP contribution in [-0.4, -0.2) is 34.4 Å². The van der Waals surface area contributed by atoms with Gasteiger partial charge in [-0.25, -0.2) is 14.2 Å². The second kappa shape index (κ2) is 10.1. The zero-order valence-corrected chi connectivity index (χ0v) is 20.4. The van der Waals surface area contributed by atoms with Gasteiger partial charge in [-0.3, -0.25) is 0 Å². The van der Waals surface area contributed by atoms with Crippen molar-refractivity contribution in [2.24, 2.45) is 11.7 Å². The highest BCUT2D eigenvalue weighted by Gasteiger charge is 2.28. The predicted molar refractivity (Wildman–Crippen MR) is 134 cm³/mol. The van der Waals surface area contributed by atoms with Crippen molar-refractivity contribution in [1.82, 2.24) is 15.2 Å². The van der Waals surface area contributed by atoms with Gasteiger partial charge in [0.15, 0.2) is 6.61 Å². The summed E-state index contributed by atoms with van der Waals surface area (Å²) in [6.45, 7) is 3.58. The Kier molecular flexibility index (Phi) is 6.73. The van der Waals surface area contributed by atoms with Crippen molar-refractivity contribution in [2.75, 3.05) is 18.0 Å². The third-order valence-corrected chi connectivity index (χ3v) is 6.98. The van der Waals surface area contributed by atoms with Crippen LogP contribution in [0.25, 0.3) is 22.4 Å². The molecule has 0 aliphatic carbocycles. The van der Waals surface area contributed by atoms with Crippen molar-refractivity contribution < 1.29 is 18.3 Å². The summed E-state index contributed by atoms with van der Waals surface area (Å²) in [4.78, 5) is 17.9. The lowest BCUT2D eigenvalue weighted by Crippen LogP contribution is -2.35. The van der Waals surface area contributed by atoms with E-state index in [1.54, 1.807) is 6.07 Å². The lowest BCUT2D eigenvalue weighted by Gasteiger charge is -2.36. The third-order valence-electron chi connectivity index (χ3n) is 6.75. The van der Waals surface area contributed by atoms with E-state index in [0.717, 1.165) is 48.2 Å². The van der Waals surface area contributed by atoms with E-state index < -0.39 is 6.09 Å². The Morgan fingerprint density at radius 1 is 1.19 bits per heavy atom. The van der Waals surface area contributed by atoms with E-state index in [9.17, 15) is 9.18 Å². The van der Waals surface area contributed by atoms with Gasteiger partial charge in [0.25, 0.3) is 5.89 Å². The first-order valence-electron chi connectivity index (χ1n) is 11.7. The summed E-state index contributed by atoms with van der Waals surface area (Å²) in [6.07, 6.45) is 0.929. The molecule has 2 N–H and O–H groups in total. The van der Waals surface area contributed by atoms with Gasteiger partial charge in [0.2, 0.25) is 5.89 Å². The fraction of sp³-hybridized carbons (Fsp3) is 0.308. The van der Waals surface area contributed by atoms with Crippen molar-refractivity contribution >= 4 is 34.4 Å². The van der Waals surface area contributed by atoms with E-state index in [0.29, 0.717) is 16.5 Å². The summed E-state index contributed by atoms with van der Waals surface area (Å²) in [5, 5.41) is 9.68. The van der Waals surface area contributed by atoms with Crippen molar-refractivity contribution in [3.05, 3.63) is 70.8 Å².